The first-order chi connectivity index (χ1) is 10.1. The topological polar surface area (TPSA) is 21.3 Å². The summed E-state index contributed by atoms with van der Waals surface area (Å²) >= 11 is 9.28. The van der Waals surface area contributed by atoms with Crippen molar-refractivity contribution >= 4 is 27.5 Å². The third-order valence-electron chi connectivity index (χ3n) is 3.88. The van der Waals surface area contributed by atoms with Crippen molar-refractivity contribution in [1.29, 1.82) is 0 Å². The Morgan fingerprint density at radius 2 is 2.33 bits per heavy atom. The molecule has 1 heterocycles. The number of hydrogen-bond donors (Lipinski definition) is 1. The third kappa shape index (κ3) is 4.65. The van der Waals surface area contributed by atoms with E-state index in [0.29, 0.717) is 16.1 Å². The van der Waals surface area contributed by atoms with Gasteiger partial charge in [0.1, 0.15) is 5.82 Å². The molecule has 1 N–H and O–H groups in total. The van der Waals surface area contributed by atoms with Crippen LogP contribution in [0.1, 0.15) is 50.6 Å². The summed E-state index contributed by atoms with van der Waals surface area (Å²) < 4.78 is 20.7. The highest BCUT2D eigenvalue weighted by atomic mass is 79.9. The third-order valence-corrected chi connectivity index (χ3v) is 5.14. The summed E-state index contributed by atoms with van der Waals surface area (Å²) in [4.78, 5) is 0. The van der Waals surface area contributed by atoms with Gasteiger partial charge >= 0.3 is 0 Å². The molecule has 1 fully saturated rings. The van der Waals surface area contributed by atoms with E-state index < -0.39 is 0 Å². The van der Waals surface area contributed by atoms with Crippen molar-refractivity contribution in [1.82, 2.24) is 5.32 Å². The zero-order valence-electron chi connectivity index (χ0n) is 12.3. The monoisotopic (exact) mass is 377 g/mol. The molecule has 1 aliphatic rings. The van der Waals surface area contributed by atoms with E-state index in [2.05, 4.69) is 28.2 Å². The second-order valence-electron chi connectivity index (χ2n) is 5.48. The Morgan fingerprint density at radius 3 is 3.00 bits per heavy atom. The summed E-state index contributed by atoms with van der Waals surface area (Å²) in [5.41, 5.74) is 0.648. The van der Waals surface area contributed by atoms with Crippen LogP contribution in [0.5, 0.6) is 0 Å². The highest BCUT2D eigenvalue weighted by Crippen LogP contribution is 2.32. The maximum atomic E-state index is 14.4. The molecule has 1 aliphatic heterocycles. The largest absolute Gasteiger partial charge is 0.378 e. The van der Waals surface area contributed by atoms with Gasteiger partial charge in [-0.1, -0.05) is 24.6 Å². The first kappa shape index (κ1) is 17.2. The highest BCUT2D eigenvalue weighted by Gasteiger charge is 2.22. The second-order valence-corrected chi connectivity index (χ2v) is 6.72. The van der Waals surface area contributed by atoms with E-state index in [1.165, 1.54) is 0 Å². The Balaban J connectivity index is 2.08. The molecule has 2 rings (SSSR count). The predicted molar refractivity (Wildman–Crippen MR) is 88.4 cm³/mol. The van der Waals surface area contributed by atoms with Crippen molar-refractivity contribution in [2.75, 3.05) is 13.2 Å². The van der Waals surface area contributed by atoms with E-state index in [1.807, 2.05) is 12.1 Å². The van der Waals surface area contributed by atoms with Crippen LogP contribution in [-0.4, -0.2) is 19.3 Å². The van der Waals surface area contributed by atoms with Crippen LogP contribution in [0.25, 0.3) is 0 Å². The molecular formula is C16H22BrClFNO. The lowest BCUT2D eigenvalue weighted by atomic mass is 9.98. The molecule has 2 nitrogen and oxygen atoms in total. The summed E-state index contributed by atoms with van der Waals surface area (Å²) in [7, 11) is 0. The van der Waals surface area contributed by atoms with E-state index >= 15 is 0 Å². The molecule has 21 heavy (non-hydrogen) atoms. The Bertz CT molecular complexity index is 466. The van der Waals surface area contributed by atoms with Crippen molar-refractivity contribution in [2.24, 2.45) is 0 Å². The summed E-state index contributed by atoms with van der Waals surface area (Å²) in [6.45, 7) is 3.83. The molecule has 2 atom stereocenters. The van der Waals surface area contributed by atoms with Gasteiger partial charge in [0.25, 0.3) is 0 Å². The smallest absolute Gasteiger partial charge is 0.147 e. The standard InChI is InChI=1S/C16H22BrClFNO/c1-2-9-20-14(8-5-11-4-3-10-21-11)12-6-7-13(17)15(18)16(12)19/h6-7,11,14,20H,2-5,8-10H2,1H3. The van der Waals surface area contributed by atoms with Gasteiger partial charge in [-0.2, -0.15) is 0 Å². The van der Waals surface area contributed by atoms with E-state index in [9.17, 15) is 4.39 Å². The van der Waals surface area contributed by atoms with Gasteiger partial charge in [0.05, 0.1) is 11.1 Å². The van der Waals surface area contributed by atoms with E-state index in [0.717, 1.165) is 45.3 Å². The Kier molecular flexibility index (Phi) is 6.93. The van der Waals surface area contributed by atoms with Gasteiger partial charge in [0.2, 0.25) is 0 Å². The van der Waals surface area contributed by atoms with Crippen molar-refractivity contribution < 1.29 is 9.13 Å². The molecule has 2 unspecified atom stereocenters. The van der Waals surface area contributed by atoms with Crippen LogP contribution in [0, 0.1) is 5.82 Å². The molecule has 1 aromatic carbocycles. The number of hydrogen-bond acceptors (Lipinski definition) is 2. The summed E-state index contributed by atoms with van der Waals surface area (Å²) in [6, 6.07) is 3.61. The lowest BCUT2D eigenvalue weighted by molar-refractivity contribution is 0.0994. The van der Waals surface area contributed by atoms with Gasteiger partial charge in [-0.25, -0.2) is 4.39 Å². The van der Waals surface area contributed by atoms with E-state index in [1.54, 1.807) is 0 Å². The number of ether oxygens (including phenoxy) is 1. The number of nitrogens with one attached hydrogen (secondary N) is 1. The predicted octanol–water partition coefficient (Wildman–Crippen LogP) is 5.24. The summed E-state index contributed by atoms with van der Waals surface area (Å²) in [5, 5.41) is 3.59. The highest BCUT2D eigenvalue weighted by molar-refractivity contribution is 9.10. The zero-order valence-corrected chi connectivity index (χ0v) is 14.6. The minimum Gasteiger partial charge on any atom is -0.378 e. The molecule has 0 spiro atoms. The van der Waals surface area contributed by atoms with Crippen LogP contribution in [0.2, 0.25) is 5.02 Å². The molecule has 0 bridgehead atoms. The molecule has 118 valence electrons. The number of rotatable bonds is 7. The first-order valence-electron chi connectivity index (χ1n) is 7.61. The summed E-state index contributed by atoms with van der Waals surface area (Å²) in [5.74, 6) is -0.327. The minimum atomic E-state index is -0.327. The van der Waals surface area contributed by atoms with Crippen molar-refractivity contribution in [2.45, 2.75) is 51.2 Å². The molecule has 1 saturated heterocycles. The van der Waals surface area contributed by atoms with Gasteiger partial charge in [0.15, 0.2) is 0 Å². The molecule has 0 saturated carbocycles. The fourth-order valence-electron chi connectivity index (χ4n) is 2.72. The van der Waals surface area contributed by atoms with Crippen molar-refractivity contribution in [3.05, 3.63) is 33.0 Å². The lowest BCUT2D eigenvalue weighted by Crippen LogP contribution is -2.24. The van der Waals surface area contributed by atoms with Crippen LogP contribution in [-0.2, 0) is 4.74 Å². The van der Waals surface area contributed by atoms with E-state index in [-0.39, 0.29) is 16.9 Å². The van der Waals surface area contributed by atoms with Crippen LogP contribution >= 0.6 is 27.5 Å². The maximum Gasteiger partial charge on any atom is 0.147 e. The van der Waals surface area contributed by atoms with E-state index in [4.69, 9.17) is 16.3 Å². The SMILES string of the molecule is CCCNC(CCC1CCCO1)c1ccc(Br)c(Cl)c1F. The molecule has 1 aromatic rings. The Morgan fingerprint density at radius 1 is 1.52 bits per heavy atom. The molecule has 0 aliphatic carbocycles. The van der Waals surface area contributed by atoms with Crippen LogP contribution in [0.3, 0.4) is 0 Å². The van der Waals surface area contributed by atoms with Gasteiger partial charge in [-0.3, -0.25) is 0 Å². The number of benzene rings is 1. The normalized spacial score (nSPS) is 19.9. The lowest BCUT2D eigenvalue weighted by Gasteiger charge is -2.22. The van der Waals surface area contributed by atoms with Crippen molar-refractivity contribution in [3.63, 3.8) is 0 Å². The van der Waals surface area contributed by atoms with Crippen LogP contribution < -0.4 is 5.32 Å². The maximum absolute atomic E-state index is 14.4. The fourth-order valence-corrected chi connectivity index (χ4v) is 3.20. The van der Waals surface area contributed by atoms with Gasteiger partial charge in [-0.15, -0.1) is 0 Å². The van der Waals surface area contributed by atoms with Gasteiger partial charge in [-0.05, 0) is 60.6 Å². The Hall–Kier alpha value is -0.160. The molecule has 0 amide bonds. The first-order valence-corrected chi connectivity index (χ1v) is 8.79. The van der Waals surface area contributed by atoms with Gasteiger partial charge < -0.3 is 10.1 Å². The zero-order chi connectivity index (χ0) is 15.2. The van der Waals surface area contributed by atoms with Crippen molar-refractivity contribution in [3.8, 4) is 0 Å². The number of halogens is 3. The second kappa shape index (κ2) is 8.47. The molecule has 0 radical (unpaired) electrons. The minimum absolute atomic E-state index is 0.0141. The van der Waals surface area contributed by atoms with Crippen LogP contribution in [0.15, 0.2) is 16.6 Å². The van der Waals surface area contributed by atoms with Crippen LogP contribution in [0.4, 0.5) is 4.39 Å². The molecule has 5 heteroatoms. The average molecular weight is 379 g/mol. The van der Waals surface area contributed by atoms with Gasteiger partial charge in [0, 0.05) is 22.7 Å². The molecular weight excluding hydrogens is 357 g/mol. The average Bonchev–Trinajstić information content (AvgIpc) is 2.99. The Labute approximate surface area is 139 Å². The fraction of sp³-hybridized carbons (Fsp3) is 0.625. The quantitative estimate of drug-likeness (QED) is 0.655. The summed E-state index contributed by atoms with van der Waals surface area (Å²) in [6.07, 6.45) is 5.40. The molecule has 0 aromatic heterocycles.